The van der Waals surface area contributed by atoms with Crippen molar-refractivity contribution in [3.05, 3.63) is 24.3 Å². The molecule has 1 aliphatic heterocycles. The molecule has 2 rings (SSSR count). The summed E-state index contributed by atoms with van der Waals surface area (Å²) in [6, 6.07) is 6.85. The van der Waals surface area contributed by atoms with E-state index in [-0.39, 0.29) is 18.0 Å². The summed E-state index contributed by atoms with van der Waals surface area (Å²) in [7, 11) is 3.15. The second-order valence-corrected chi connectivity index (χ2v) is 4.33. The van der Waals surface area contributed by atoms with Gasteiger partial charge in [0.2, 0.25) is 5.91 Å². The van der Waals surface area contributed by atoms with E-state index in [1.165, 1.54) is 0 Å². The Bertz CT molecular complexity index is 473. The third-order valence-corrected chi connectivity index (χ3v) is 3.07. The molecule has 0 saturated carbocycles. The van der Waals surface area contributed by atoms with E-state index in [0.29, 0.717) is 13.0 Å². The van der Waals surface area contributed by atoms with Crippen LogP contribution in [0.2, 0.25) is 0 Å². The molecule has 6 nitrogen and oxygen atoms in total. The highest BCUT2D eigenvalue weighted by molar-refractivity contribution is 5.96. The molecule has 0 aliphatic carbocycles. The first-order valence-electron chi connectivity index (χ1n) is 6.06. The average Bonchev–Trinajstić information content (AvgIpc) is 2.79. The molecule has 6 heteroatoms. The SMILES string of the molecule is CNC(=O)N[C@H]1CC(=O)N(c2ccc(OC)cc2)C1. The third kappa shape index (κ3) is 2.96. The summed E-state index contributed by atoms with van der Waals surface area (Å²) in [6.45, 7) is 0.485. The van der Waals surface area contributed by atoms with Gasteiger partial charge in [-0.3, -0.25) is 4.79 Å². The maximum absolute atomic E-state index is 11.9. The van der Waals surface area contributed by atoms with Gasteiger partial charge in [0, 0.05) is 25.7 Å². The highest BCUT2D eigenvalue weighted by Gasteiger charge is 2.31. The Labute approximate surface area is 111 Å². The summed E-state index contributed by atoms with van der Waals surface area (Å²) in [6.07, 6.45) is 0.319. The summed E-state index contributed by atoms with van der Waals surface area (Å²) >= 11 is 0. The van der Waals surface area contributed by atoms with Crippen molar-refractivity contribution in [1.82, 2.24) is 10.6 Å². The van der Waals surface area contributed by atoms with E-state index in [2.05, 4.69) is 10.6 Å². The summed E-state index contributed by atoms with van der Waals surface area (Å²) < 4.78 is 5.08. The number of nitrogens with one attached hydrogen (secondary N) is 2. The lowest BCUT2D eigenvalue weighted by atomic mass is 10.2. The Morgan fingerprint density at radius 3 is 2.63 bits per heavy atom. The lowest BCUT2D eigenvalue weighted by Gasteiger charge is -2.17. The summed E-state index contributed by atoms with van der Waals surface area (Å²) in [4.78, 5) is 24.8. The molecule has 1 aromatic rings. The highest BCUT2D eigenvalue weighted by Crippen LogP contribution is 2.23. The predicted octanol–water partition coefficient (Wildman–Crippen LogP) is 0.729. The maximum atomic E-state index is 11.9. The van der Waals surface area contributed by atoms with E-state index in [1.54, 1.807) is 19.1 Å². The standard InChI is InChI=1S/C13H17N3O3/c1-14-13(18)15-9-7-12(17)16(8-9)10-3-5-11(19-2)6-4-10/h3-6,9H,7-8H2,1-2H3,(H2,14,15,18)/t9-/m0/s1. The van der Waals surface area contributed by atoms with E-state index in [0.717, 1.165) is 11.4 Å². The molecule has 1 aliphatic rings. The Morgan fingerprint density at radius 2 is 2.05 bits per heavy atom. The molecule has 102 valence electrons. The second-order valence-electron chi connectivity index (χ2n) is 4.33. The fraction of sp³-hybridized carbons (Fsp3) is 0.385. The van der Waals surface area contributed by atoms with Crippen molar-refractivity contribution >= 4 is 17.6 Å². The summed E-state index contributed by atoms with van der Waals surface area (Å²) in [5, 5.41) is 5.22. The largest absolute Gasteiger partial charge is 0.497 e. The maximum Gasteiger partial charge on any atom is 0.314 e. The molecule has 2 N–H and O–H groups in total. The van der Waals surface area contributed by atoms with Crippen LogP contribution in [0.4, 0.5) is 10.5 Å². The van der Waals surface area contributed by atoms with Crippen LogP contribution in [0.5, 0.6) is 5.75 Å². The van der Waals surface area contributed by atoms with E-state index >= 15 is 0 Å². The Kier molecular flexibility index (Phi) is 3.89. The molecule has 0 spiro atoms. The number of carbonyl (C=O) groups is 2. The minimum atomic E-state index is -0.269. The molecule has 0 bridgehead atoms. The van der Waals surface area contributed by atoms with Gasteiger partial charge < -0.3 is 20.3 Å². The number of nitrogens with zero attached hydrogens (tertiary/aromatic N) is 1. The summed E-state index contributed by atoms with van der Waals surface area (Å²) in [5.41, 5.74) is 0.812. The monoisotopic (exact) mass is 263 g/mol. The molecule has 19 heavy (non-hydrogen) atoms. The van der Waals surface area contributed by atoms with Crippen LogP contribution in [0.3, 0.4) is 0 Å². The zero-order chi connectivity index (χ0) is 13.8. The number of urea groups is 1. The van der Waals surface area contributed by atoms with Crippen LogP contribution in [0.15, 0.2) is 24.3 Å². The van der Waals surface area contributed by atoms with Gasteiger partial charge in [-0.1, -0.05) is 0 Å². The number of carbonyl (C=O) groups excluding carboxylic acids is 2. The minimum Gasteiger partial charge on any atom is -0.497 e. The lowest BCUT2D eigenvalue weighted by Crippen LogP contribution is -2.41. The number of methoxy groups -OCH3 is 1. The molecule has 1 heterocycles. The van der Waals surface area contributed by atoms with Gasteiger partial charge in [0.1, 0.15) is 5.75 Å². The van der Waals surface area contributed by atoms with Crippen LogP contribution >= 0.6 is 0 Å². The molecule has 0 aromatic heterocycles. The number of amides is 3. The quantitative estimate of drug-likeness (QED) is 0.844. The van der Waals surface area contributed by atoms with Crippen molar-refractivity contribution in [1.29, 1.82) is 0 Å². The lowest BCUT2D eigenvalue weighted by molar-refractivity contribution is -0.117. The van der Waals surface area contributed by atoms with Crippen molar-refractivity contribution in [3.63, 3.8) is 0 Å². The van der Waals surface area contributed by atoms with Crippen molar-refractivity contribution in [3.8, 4) is 5.75 Å². The topological polar surface area (TPSA) is 70.7 Å². The molecule has 1 fully saturated rings. The number of rotatable bonds is 3. The van der Waals surface area contributed by atoms with Gasteiger partial charge >= 0.3 is 6.03 Å². The second kappa shape index (κ2) is 5.60. The molecule has 3 amide bonds. The van der Waals surface area contributed by atoms with Gasteiger partial charge in [-0.25, -0.2) is 4.79 Å². The number of hydrogen-bond acceptors (Lipinski definition) is 3. The molecule has 0 unspecified atom stereocenters. The molecule has 1 aromatic carbocycles. The highest BCUT2D eigenvalue weighted by atomic mass is 16.5. The molecule has 1 saturated heterocycles. The van der Waals surface area contributed by atoms with Crippen molar-refractivity contribution in [2.45, 2.75) is 12.5 Å². The number of ether oxygens (including phenoxy) is 1. The molecule has 0 radical (unpaired) electrons. The van der Waals surface area contributed by atoms with Crippen LogP contribution < -0.4 is 20.3 Å². The van der Waals surface area contributed by atoms with Gasteiger partial charge in [0.05, 0.1) is 13.2 Å². The van der Waals surface area contributed by atoms with Crippen molar-refractivity contribution < 1.29 is 14.3 Å². The van der Waals surface area contributed by atoms with E-state index in [9.17, 15) is 9.59 Å². The Morgan fingerprint density at radius 1 is 1.37 bits per heavy atom. The molecule has 1 atom stereocenters. The Balaban J connectivity index is 2.04. The van der Waals surface area contributed by atoms with E-state index < -0.39 is 0 Å². The number of benzene rings is 1. The van der Waals surface area contributed by atoms with Gasteiger partial charge in [-0.15, -0.1) is 0 Å². The van der Waals surface area contributed by atoms with Crippen LogP contribution in [-0.4, -0.2) is 38.7 Å². The van der Waals surface area contributed by atoms with Crippen LogP contribution in [0, 0.1) is 0 Å². The van der Waals surface area contributed by atoms with Crippen LogP contribution in [0.25, 0.3) is 0 Å². The first kappa shape index (κ1) is 13.2. The van der Waals surface area contributed by atoms with Gasteiger partial charge in [-0.2, -0.15) is 0 Å². The predicted molar refractivity (Wildman–Crippen MR) is 71.3 cm³/mol. The number of anilines is 1. The normalized spacial score (nSPS) is 18.3. The van der Waals surface area contributed by atoms with E-state index in [4.69, 9.17) is 4.74 Å². The number of hydrogen-bond donors (Lipinski definition) is 2. The van der Waals surface area contributed by atoms with Crippen molar-refractivity contribution in [2.75, 3.05) is 25.6 Å². The van der Waals surface area contributed by atoms with Crippen LogP contribution in [-0.2, 0) is 4.79 Å². The molecular formula is C13H17N3O3. The zero-order valence-electron chi connectivity index (χ0n) is 11.0. The van der Waals surface area contributed by atoms with Gasteiger partial charge in [0.15, 0.2) is 0 Å². The smallest absolute Gasteiger partial charge is 0.314 e. The fourth-order valence-electron chi connectivity index (χ4n) is 2.07. The first-order chi connectivity index (χ1) is 9.13. The Hall–Kier alpha value is -2.24. The first-order valence-corrected chi connectivity index (χ1v) is 6.06. The van der Waals surface area contributed by atoms with Crippen molar-refractivity contribution in [2.24, 2.45) is 0 Å². The minimum absolute atomic E-state index is 0.00608. The van der Waals surface area contributed by atoms with E-state index in [1.807, 2.05) is 24.3 Å². The van der Waals surface area contributed by atoms with Gasteiger partial charge in [0.25, 0.3) is 0 Å². The summed E-state index contributed by atoms with van der Waals surface area (Å²) in [5.74, 6) is 0.752. The average molecular weight is 263 g/mol. The van der Waals surface area contributed by atoms with Gasteiger partial charge in [-0.05, 0) is 24.3 Å². The van der Waals surface area contributed by atoms with Crippen LogP contribution in [0.1, 0.15) is 6.42 Å². The zero-order valence-corrected chi connectivity index (χ0v) is 11.0. The molecular weight excluding hydrogens is 246 g/mol. The fourth-order valence-corrected chi connectivity index (χ4v) is 2.07. The third-order valence-electron chi connectivity index (χ3n) is 3.07.